The quantitative estimate of drug-likeness (QED) is 0.113. The summed E-state index contributed by atoms with van der Waals surface area (Å²) in [7, 11) is 0. The number of carbonyl (C=O) groups is 4. The molecule has 340 valence electrons. The second kappa shape index (κ2) is 20.0. The Bertz CT molecular complexity index is 2980. The molecular weight excluding hydrogens is 839 g/mol. The zero-order chi connectivity index (χ0) is 47.0. The molecule has 1 saturated carbocycles. The van der Waals surface area contributed by atoms with Gasteiger partial charge in [0.15, 0.2) is 11.2 Å². The van der Waals surface area contributed by atoms with Crippen molar-refractivity contribution in [2.24, 2.45) is 5.92 Å². The molecule has 7 aromatic rings. The van der Waals surface area contributed by atoms with E-state index in [9.17, 15) is 24.0 Å². The summed E-state index contributed by atoms with van der Waals surface area (Å²) in [5.41, 5.74) is 1.53. The molecule has 0 saturated heterocycles. The molecule has 66 heavy (non-hydrogen) atoms. The first-order valence-corrected chi connectivity index (χ1v) is 21.9. The summed E-state index contributed by atoms with van der Waals surface area (Å²) in [4.78, 5) is 75.8. The zero-order valence-corrected chi connectivity index (χ0v) is 37.8. The van der Waals surface area contributed by atoms with E-state index in [0.29, 0.717) is 56.9 Å². The van der Waals surface area contributed by atoms with Crippen molar-refractivity contribution in [3.05, 3.63) is 131 Å². The van der Waals surface area contributed by atoms with Gasteiger partial charge in [0.1, 0.15) is 16.7 Å². The Hall–Kier alpha value is -7.68. The van der Waals surface area contributed by atoms with Crippen molar-refractivity contribution in [1.82, 2.24) is 20.3 Å². The highest BCUT2D eigenvalue weighted by Crippen LogP contribution is 2.33. The third-order valence-electron chi connectivity index (χ3n) is 10.5. The Morgan fingerprint density at radius 1 is 0.621 bits per heavy atom. The molecule has 3 heterocycles. The third kappa shape index (κ3) is 11.7. The molecule has 4 aromatic carbocycles. The number of aromatic nitrogens is 3. The maximum atomic E-state index is 13.3. The van der Waals surface area contributed by atoms with Crippen LogP contribution in [0.4, 0.5) is 26.7 Å². The highest BCUT2D eigenvalue weighted by molar-refractivity contribution is 6.17. The predicted octanol–water partition coefficient (Wildman–Crippen LogP) is 10.9. The Kier molecular flexibility index (Phi) is 14.0. The number of nitrogens with zero attached hydrogens (tertiary/aromatic N) is 3. The predicted molar refractivity (Wildman–Crippen MR) is 256 cm³/mol. The van der Waals surface area contributed by atoms with Gasteiger partial charge in [-0.15, -0.1) is 0 Å². The lowest BCUT2D eigenvalue weighted by molar-refractivity contribution is 0.0625. The number of benzene rings is 4. The fourth-order valence-electron chi connectivity index (χ4n) is 7.64. The second-order valence-electron chi connectivity index (χ2n) is 17.9. The van der Waals surface area contributed by atoms with Crippen LogP contribution in [0.25, 0.3) is 44.0 Å². The van der Waals surface area contributed by atoms with Crippen molar-refractivity contribution in [3.63, 3.8) is 0 Å². The fourth-order valence-corrected chi connectivity index (χ4v) is 7.64. The number of carbonyl (C=O) groups excluding carboxylic acids is 4. The topological polar surface area (TPSA) is 204 Å². The van der Waals surface area contributed by atoms with Crippen LogP contribution in [0.5, 0.6) is 0 Å². The Labute approximate surface area is 381 Å². The van der Waals surface area contributed by atoms with Gasteiger partial charge < -0.3 is 24.5 Å². The van der Waals surface area contributed by atoms with Crippen LogP contribution >= 0.6 is 0 Å². The van der Waals surface area contributed by atoms with Crippen LogP contribution in [0.2, 0.25) is 0 Å². The van der Waals surface area contributed by atoms with Crippen molar-refractivity contribution in [1.29, 1.82) is 0 Å². The van der Waals surface area contributed by atoms with Gasteiger partial charge in [-0.25, -0.2) is 29.3 Å². The zero-order valence-electron chi connectivity index (χ0n) is 37.8. The molecule has 0 aliphatic heterocycles. The van der Waals surface area contributed by atoms with E-state index in [1.807, 2.05) is 48.5 Å². The summed E-state index contributed by atoms with van der Waals surface area (Å²) in [5, 5.41) is 14.3. The van der Waals surface area contributed by atoms with Crippen LogP contribution in [-0.2, 0) is 9.47 Å². The number of nitrogens with one attached hydrogen (secondary N) is 4. The summed E-state index contributed by atoms with van der Waals surface area (Å²) >= 11 is 0. The highest BCUT2D eigenvalue weighted by Gasteiger charge is 2.23. The molecule has 15 heteroatoms. The number of hydrogen-bond donors (Lipinski definition) is 4. The normalized spacial score (nSPS) is 13.0. The van der Waals surface area contributed by atoms with Crippen LogP contribution in [-0.4, -0.2) is 56.7 Å². The maximum Gasteiger partial charge on any atom is 0.412 e. The van der Waals surface area contributed by atoms with Gasteiger partial charge >= 0.3 is 17.8 Å². The van der Waals surface area contributed by atoms with Crippen molar-refractivity contribution in [3.8, 4) is 11.5 Å². The molecule has 1 aliphatic carbocycles. The number of ether oxygens (including phenoxy) is 2. The number of fused-ring (bicyclic) bond motifs is 3. The molecule has 4 N–H and O–H groups in total. The molecule has 0 bridgehead atoms. The maximum absolute atomic E-state index is 13.3. The first kappa shape index (κ1) is 46.3. The van der Waals surface area contributed by atoms with E-state index >= 15 is 0 Å². The molecule has 0 atom stereocenters. The highest BCUT2D eigenvalue weighted by atomic mass is 16.6. The number of anilines is 3. The lowest BCUT2D eigenvalue weighted by Gasteiger charge is -2.22. The van der Waals surface area contributed by atoms with E-state index in [-0.39, 0.29) is 28.9 Å². The van der Waals surface area contributed by atoms with Crippen molar-refractivity contribution < 1.29 is 33.1 Å². The van der Waals surface area contributed by atoms with Gasteiger partial charge in [-0.3, -0.25) is 20.2 Å². The van der Waals surface area contributed by atoms with Crippen LogP contribution < -0.4 is 26.9 Å². The minimum Gasteiger partial charge on any atom is -0.444 e. The van der Waals surface area contributed by atoms with Gasteiger partial charge in [0.2, 0.25) is 5.89 Å². The second-order valence-corrected chi connectivity index (χ2v) is 17.9. The number of hydrogen-bond acceptors (Lipinski definition) is 11. The van der Waals surface area contributed by atoms with E-state index in [1.165, 1.54) is 31.7 Å². The largest absolute Gasteiger partial charge is 0.444 e. The molecule has 4 amide bonds. The van der Waals surface area contributed by atoms with Gasteiger partial charge in [-0.05, 0) is 120 Å². The van der Waals surface area contributed by atoms with Crippen LogP contribution in [0, 0.1) is 5.92 Å². The molecule has 0 spiro atoms. The summed E-state index contributed by atoms with van der Waals surface area (Å²) < 4.78 is 16.1. The minimum atomic E-state index is -0.635. The summed E-state index contributed by atoms with van der Waals surface area (Å²) in [5.74, 6) is -0.00766. The van der Waals surface area contributed by atoms with Crippen LogP contribution in [0.15, 0.2) is 119 Å². The van der Waals surface area contributed by atoms with E-state index in [1.54, 1.807) is 90.1 Å². The molecule has 3 aromatic heterocycles. The summed E-state index contributed by atoms with van der Waals surface area (Å²) in [6, 6.07) is 28.3. The lowest BCUT2D eigenvalue weighted by atomic mass is 9.89. The molecule has 8 rings (SSSR count). The lowest BCUT2D eigenvalue weighted by Crippen LogP contribution is -2.31. The van der Waals surface area contributed by atoms with Crippen molar-refractivity contribution >= 4 is 73.6 Å². The fraction of sp³-hybridized carbons (Fsp3) is 0.294. The van der Waals surface area contributed by atoms with Crippen molar-refractivity contribution in [2.45, 2.75) is 84.8 Å². The molecule has 1 fully saturated rings. The van der Waals surface area contributed by atoms with E-state index < -0.39 is 29.0 Å². The van der Waals surface area contributed by atoms with Gasteiger partial charge in [0, 0.05) is 40.8 Å². The monoisotopic (exact) mass is 891 g/mol. The Morgan fingerprint density at radius 3 is 1.85 bits per heavy atom. The molecule has 0 radical (unpaired) electrons. The van der Waals surface area contributed by atoms with E-state index in [0.717, 1.165) is 23.6 Å². The third-order valence-corrected chi connectivity index (χ3v) is 10.5. The first-order valence-electron chi connectivity index (χ1n) is 21.9. The Morgan fingerprint density at radius 2 is 1.20 bits per heavy atom. The standard InChI is InChI=1S/C29H34N4O4.C22H19N3O4/c1-29(2,3)37-28(36)33-23-16-15-22(20-12-7-8-13-21(20)23)26(34)32-24-14-9-17-30-25(24)27(35)31-18-19-10-5-4-6-11-19;1-22(2,3)29-21(27)25-16-11-10-15(13-7-4-5-8-14(13)16)19-24-17-9-6-12-23-18(17)20(26)28-19/h7-9,12-17,19H,4-6,10-11,18H2,1-3H3,(H,31,35)(H,32,34)(H,33,36);4-12H,1-3H3,(H,25,27). The SMILES string of the molecule is CC(C)(C)OC(=O)Nc1ccc(-c2nc3cccnc3c(=O)o2)c2ccccc12.CC(C)(C)OC(=O)Nc1ccc(C(=O)Nc2cccnc2C(=O)NCC2CCCCC2)c2ccccc12. The van der Waals surface area contributed by atoms with Crippen LogP contribution in [0.3, 0.4) is 0 Å². The molecule has 15 nitrogen and oxygen atoms in total. The average Bonchev–Trinajstić information content (AvgIpc) is 3.28. The smallest absolute Gasteiger partial charge is 0.412 e. The minimum absolute atomic E-state index is 0.180. The summed E-state index contributed by atoms with van der Waals surface area (Å²) in [6.07, 6.45) is 7.84. The first-order chi connectivity index (χ1) is 31.5. The molecule has 0 unspecified atom stereocenters. The van der Waals surface area contributed by atoms with Crippen LogP contribution in [0.1, 0.15) is 94.5 Å². The van der Waals surface area contributed by atoms with Gasteiger partial charge in [-0.1, -0.05) is 67.8 Å². The van der Waals surface area contributed by atoms with E-state index in [4.69, 9.17) is 13.9 Å². The van der Waals surface area contributed by atoms with Gasteiger partial charge in [0.25, 0.3) is 11.8 Å². The number of amides is 4. The number of rotatable bonds is 8. The van der Waals surface area contributed by atoms with E-state index in [2.05, 4.69) is 36.2 Å². The van der Waals surface area contributed by atoms with Gasteiger partial charge in [0.05, 0.1) is 17.1 Å². The Balaban J connectivity index is 0.000000202. The van der Waals surface area contributed by atoms with Gasteiger partial charge in [-0.2, -0.15) is 0 Å². The summed E-state index contributed by atoms with van der Waals surface area (Å²) in [6.45, 7) is 11.4. The molecule has 1 aliphatic rings. The molecular formula is C51H53N7O8. The number of pyridine rings is 2. The van der Waals surface area contributed by atoms with Crippen molar-refractivity contribution in [2.75, 3.05) is 22.5 Å². The average molecular weight is 892 g/mol.